The molecule has 0 saturated heterocycles. The SMILES string of the molecule is COc1cc(C=O)cc(C=NN=Cc2ccccc2O)c1O. The van der Waals surface area contributed by atoms with Crippen LogP contribution < -0.4 is 4.74 Å². The predicted octanol–water partition coefficient (Wildman–Crippen LogP) is 2.37. The van der Waals surface area contributed by atoms with Crippen molar-refractivity contribution in [3.8, 4) is 17.2 Å². The summed E-state index contributed by atoms with van der Waals surface area (Å²) in [6.07, 6.45) is 3.32. The van der Waals surface area contributed by atoms with Crippen LogP contribution in [-0.2, 0) is 0 Å². The number of hydrogen-bond donors (Lipinski definition) is 2. The van der Waals surface area contributed by atoms with E-state index >= 15 is 0 Å². The molecule has 0 amide bonds. The molecule has 0 fully saturated rings. The van der Waals surface area contributed by atoms with Gasteiger partial charge in [-0.3, -0.25) is 4.79 Å². The van der Waals surface area contributed by atoms with E-state index in [1.165, 1.54) is 37.7 Å². The van der Waals surface area contributed by atoms with Crippen LogP contribution in [0, 0.1) is 0 Å². The van der Waals surface area contributed by atoms with E-state index in [4.69, 9.17) is 4.74 Å². The molecule has 2 aromatic carbocycles. The van der Waals surface area contributed by atoms with Gasteiger partial charge in [-0.25, -0.2) is 0 Å². The first-order valence-corrected chi connectivity index (χ1v) is 6.36. The van der Waals surface area contributed by atoms with Gasteiger partial charge in [-0.1, -0.05) is 12.1 Å². The summed E-state index contributed by atoms with van der Waals surface area (Å²) in [5.74, 6) is 0.138. The van der Waals surface area contributed by atoms with Gasteiger partial charge in [0.2, 0.25) is 0 Å². The van der Waals surface area contributed by atoms with E-state index < -0.39 is 0 Å². The number of phenols is 2. The Morgan fingerprint density at radius 2 is 1.73 bits per heavy atom. The topological polar surface area (TPSA) is 91.5 Å². The third-order valence-corrected chi connectivity index (χ3v) is 2.88. The van der Waals surface area contributed by atoms with E-state index in [9.17, 15) is 15.0 Å². The summed E-state index contributed by atoms with van der Waals surface area (Å²) in [5, 5.41) is 27.1. The molecule has 0 aromatic heterocycles. The van der Waals surface area contributed by atoms with Crippen molar-refractivity contribution < 1.29 is 19.7 Å². The summed E-state index contributed by atoms with van der Waals surface area (Å²) in [7, 11) is 1.39. The summed E-state index contributed by atoms with van der Waals surface area (Å²) >= 11 is 0. The van der Waals surface area contributed by atoms with Gasteiger partial charge >= 0.3 is 0 Å². The van der Waals surface area contributed by atoms with Gasteiger partial charge in [-0.15, -0.1) is 0 Å². The standard InChI is InChI=1S/C16H14N2O4/c1-22-15-7-11(10-19)6-13(16(15)21)9-18-17-8-12-4-2-3-5-14(12)20/h2-10,20-21H,1H3. The van der Waals surface area contributed by atoms with Gasteiger partial charge in [-0.2, -0.15) is 10.2 Å². The average molecular weight is 298 g/mol. The number of para-hydroxylation sites is 1. The molecule has 2 aromatic rings. The van der Waals surface area contributed by atoms with Crippen LogP contribution in [0.3, 0.4) is 0 Å². The Bertz CT molecular complexity index is 739. The second-order valence-corrected chi connectivity index (χ2v) is 4.33. The number of methoxy groups -OCH3 is 1. The number of aromatic hydroxyl groups is 2. The quantitative estimate of drug-likeness (QED) is 0.503. The van der Waals surface area contributed by atoms with Crippen molar-refractivity contribution in [2.24, 2.45) is 10.2 Å². The predicted molar refractivity (Wildman–Crippen MR) is 83.3 cm³/mol. The molecule has 0 saturated carbocycles. The minimum absolute atomic E-state index is 0.0916. The highest BCUT2D eigenvalue weighted by molar-refractivity contribution is 5.90. The molecule has 0 aliphatic carbocycles. The molecule has 0 atom stereocenters. The second-order valence-electron chi connectivity index (χ2n) is 4.33. The van der Waals surface area contributed by atoms with Crippen LogP contribution in [0.4, 0.5) is 0 Å². The Hall–Kier alpha value is -3.15. The van der Waals surface area contributed by atoms with Crippen molar-refractivity contribution in [3.63, 3.8) is 0 Å². The first-order valence-electron chi connectivity index (χ1n) is 6.36. The molecule has 0 aliphatic heterocycles. The van der Waals surface area contributed by atoms with E-state index in [1.807, 2.05) is 0 Å². The smallest absolute Gasteiger partial charge is 0.166 e. The van der Waals surface area contributed by atoms with Crippen LogP contribution >= 0.6 is 0 Å². The van der Waals surface area contributed by atoms with Gasteiger partial charge in [0.1, 0.15) is 12.0 Å². The minimum atomic E-state index is -0.130. The zero-order chi connectivity index (χ0) is 15.9. The Morgan fingerprint density at radius 1 is 1.05 bits per heavy atom. The number of nitrogens with zero attached hydrogens (tertiary/aromatic N) is 2. The number of ether oxygens (including phenoxy) is 1. The van der Waals surface area contributed by atoms with Gasteiger partial charge in [0, 0.05) is 16.7 Å². The van der Waals surface area contributed by atoms with Crippen LogP contribution in [0.2, 0.25) is 0 Å². The third kappa shape index (κ3) is 3.49. The van der Waals surface area contributed by atoms with Gasteiger partial charge in [0.15, 0.2) is 11.5 Å². The molecule has 0 aliphatic rings. The molecular formula is C16H14N2O4. The summed E-state index contributed by atoms with van der Waals surface area (Å²) < 4.78 is 4.98. The van der Waals surface area contributed by atoms with Gasteiger partial charge < -0.3 is 14.9 Å². The lowest BCUT2D eigenvalue weighted by Gasteiger charge is -2.06. The molecule has 0 unspecified atom stereocenters. The molecule has 2 N–H and O–H groups in total. The summed E-state index contributed by atoms with van der Waals surface area (Å²) in [6.45, 7) is 0. The molecule has 6 heteroatoms. The van der Waals surface area contributed by atoms with E-state index in [2.05, 4.69) is 10.2 Å². The molecule has 2 rings (SSSR count). The highest BCUT2D eigenvalue weighted by atomic mass is 16.5. The van der Waals surface area contributed by atoms with Crippen molar-refractivity contribution in [1.82, 2.24) is 0 Å². The summed E-state index contributed by atoms with van der Waals surface area (Å²) in [6, 6.07) is 9.56. The van der Waals surface area contributed by atoms with E-state index in [0.717, 1.165) is 0 Å². The minimum Gasteiger partial charge on any atom is -0.507 e. The van der Waals surface area contributed by atoms with Crippen molar-refractivity contribution >= 4 is 18.7 Å². The Labute approximate surface area is 127 Å². The van der Waals surface area contributed by atoms with Crippen molar-refractivity contribution in [1.29, 1.82) is 0 Å². The zero-order valence-corrected chi connectivity index (χ0v) is 11.8. The molecule has 112 valence electrons. The second kappa shape index (κ2) is 7.03. The maximum Gasteiger partial charge on any atom is 0.166 e. The lowest BCUT2D eigenvalue weighted by Crippen LogP contribution is -1.92. The van der Waals surface area contributed by atoms with Crippen molar-refractivity contribution in [2.75, 3.05) is 7.11 Å². The molecule has 0 bridgehead atoms. The molecule has 0 spiro atoms. The lowest BCUT2D eigenvalue weighted by molar-refractivity contribution is 0.112. The normalized spacial score (nSPS) is 11.1. The highest BCUT2D eigenvalue weighted by Gasteiger charge is 2.08. The number of carbonyl (C=O) groups excluding carboxylic acids is 1. The fourth-order valence-corrected chi connectivity index (χ4v) is 1.76. The number of benzene rings is 2. The third-order valence-electron chi connectivity index (χ3n) is 2.88. The fourth-order valence-electron chi connectivity index (χ4n) is 1.76. The molecule has 0 radical (unpaired) electrons. The first-order chi connectivity index (χ1) is 10.7. The van der Waals surface area contributed by atoms with Crippen LogP contribution in [0.15, 0.2) is 46.6 Å². The fraction of sp³-hybridized carbons (Fsp3) is 0.0625. The molecule has 0 heterocycles. The van der Waals surface area contributed by atoms with Crippen LogP contribution in [0.1, 0.15) is 21.5 Å². The number of aldehydes is 1. The van der Waals surface area contributed by atoms with Gasteiger partial charge in [0.05, 0.1) is 19.5 Å². The van der Waals surface area contributed by atoms with Gasteiger partial charge in [-0.05, 0) is 24.3 Å². The Kier molecular flexibility index (Phi) is 4.87. The van der Waals surface area contributed by atoms with Crippen LogP contribution in [-0.4, -0.2) is 36.0 Å². The monoisotopic (exact) mass is 298 g/mol. The van der Waals surface area contributed by atoms with Crippen molar-refractivity contribution in [3.05, 3.63) is 53.1 Å². The lowest BCUT2D eigenvalue weighted by atomic mass is 10.1. The highest BCUT2D eigenvalue weighted by Crippen LogP contribution is 2.29. The first kappa shape index (κ1) is 15.2. The van der Waals surface area contributed by atoms with E-state index in [1.54, 1.807) is 18.2 Å². The maximum absolute atomic E-state index is 10.9. The average Bonchev–Trinajstić information content (AvgIpc) is 2.54. The van der Waals surface area contributed by atoms with Crippen LogP contribution in [0.25, 0.3) is 0 Å². The number of carbonyl (C=O) groups is 1. The maximum atomic E-state index is 10.9. The molecule has 6 nitrogen and oxygen atoms in total. The summed E-state index contributed by atoms with van der Waals surface area (Å²) in [4.78, 5) is 10.9. The summed E-state index contributed by atoms with van der Waals surface area (Å²) in [5.41, 5.74) is 1.17. The zero-order valence-electron chi connectivity index (χ0n) is 11.8. The van der Waals surface area contributed by atoms with E-state index in [0.29, 0.717) is 23.0 Å². The number of rotatable bonds is 5. The Morgan fingerprint density at radius 3 is 2.36 bits per heavy atom. The van der Waals surface area contributed by atoms with Crippen LogP contribution in [0.5, 0.6) is 17.2 Å². The number of hydrogen-bond acceptors (Lipinski definition) is 6. The van der Waals surface area contributed by atoms with Crippen molar-refractivity contribution in [2.45, 2.75) is 0 Å². The number of phenolic OH excluding ortho intramolecular Hbond substituents is 2. The molecule has 22 heavy (non-hydrogen) atoms. The Balaban J connectivity index is 2.23. The van der Waals surface area contributed by atoms with E-state index in [-0.39, 0.29) is 17.2 Å². The van der Waals surface area contributed by atoms with Gasteiger partial charge in [0.25, 0.3) is 0 Å². The molecular weight excluding hydrogens is 284 g/mol. The largest absolute Gasteiger partial charge is 0.507 e.